The van der Waals surface area contributed by atoms with Gasteiger partial charge in [-0.25, -0.2) is 0 Å². The van der Waals surface area contributed by atoms with Crippen LogP contribution < -0.4 is 4.90 Å². The number of aromatic amines is 1. The second-order valence-electron chi connectivity index (χ2n) is 4.34. The smallest absolute Gasteiger partial charge is 0.236 e. The number of carbonyl (C=O) groups excluding carboxylic acids is 2. The fraction of sp³-hybridized carbons (Fsp3) is 0.154. The van der Waals surface area contributed by atoms with E-state index < -0.39 is 0 Å². The number of rotatable bonds is 2. The highest BCUT2D eigenvalue weighted by molar-refractivity contribution is 6.30. The number of hydrogen-bond donors (Lipinski definition) is 1. The van der Waals surface area contributed by atoms with Crippen molar-refractivity contribution >= 4 is 29.1 Å². The van der Waals surface area contributed by atoms with Crippen LogP contribution in [0.25, 0.3) is 11.1 Å². The van der Waals surface area contributed by atoms with Gasteiger partial charge in [0.25, 0.3) is 0 Å². The van der Waals surface area contributed by atoms with Crippen molar-refractivity contribution in [2.45, 2.75) is 6.42 Å². The molecule has 0 aliphatic carbocycles. The minimum Gasteiger partial charge on any atom is -0.297 e. The number of anilines is 1. The lowest BCUT2D eigenvalue weighted by Crippen LogP contribution is -2.25. The summed E-state index contributed by atoms with van der Waals surface area (Å²) >= 11 is 5.96. The number of H-pyrrole nitrogens is 1. The van der Waals surface area contributed by atoms with Crippen molar-refractivity contribution in [3.05, 3.63) is 35.5 Å². The summed E-state index contributed by atoms with van der Waals surface area (Å²) in [7, 11) is 0. The van der Waals surface area contributed by atoms with Gasteiger partial charge in [-0.1, -0.05) is 23.7 Å². The van der Waals surface area contributed by atoms with Crippen LogP contribution in [0.15, 0.2) is 30.5 Å². The van der Waals surface area contributed by atoms with Crippen molar-refractivity contribution in [3.8, 4) is 11.1 Å². The minimum absolute atomic E-state index is 0.0476. The zero-order valence-electron chi connectivity index (χ0n) is 9.89. The third-order valence-corrected chi connectivity index (χ3v) is 3.24. The number of halogens is 1. The molecule has 0 radical (unpaired) electrons. The van der Waals surface area contributed by atoms with E-state index in [0.717, 1.165) is 11.1 Å². The maximum atomic E-state index is 11.8. The van der Waals surface area contributed by atoms with Gasteiger partial charge in [-0.15, -0.1) is 0 Å². The predicted octanol–water partition coefficient (Wildman–Crippen LogP) is 2.04. The lowest BCUT2D eigenvalue weighted by Gasteiger charge is -2.14. The molecule has 0 saturated carbocycles. The maximum Gasteiger partial charge on any atom is 0.236 e. The maximum absolute atomic E-state index is 11.8. The summed E-state index contributed by atoms with van der Waals surface area (Å²) in [6.45, 7) is 0.0919. The molecule has 0 unspecified atom stereocenters. The monoisotopic (exact) mass is 275 g/mol. The molecule has 2 aromatic rings. The van der Waals surface area contributed by atoms with Gasteiger partial charge >= 0.3 is 0 Å². The van der Waals surface area contributed by atoms with Crippen LogP contribution in [-0.4, -0.2) is 28.4 Å². The number of hydrogen-bond acceptors (Lipinski definition) is 3. The summed E-state index contributed by atoms with van der Waals surface area (Å²) in [5.41, 5.74) is 1.61. The van der Waals surface area contributed by atoms with E-state index in [9.17, 15) is 9.59 Å². The average molecular weight is 276 g/mol. The molecule has 6 heteroatoms. The Hall–Kier alpha value is -2.14. The summed E-state index contributed by atoms with van der Waals surface area (Å²) in [6.07, 6.45) is 1.57. The highest BCUT2D eigenvalue weighted by atomic mass is 35.5. The molecule has 96 valence electrons. The third-order valence-electron chi connectivity index (χ3n) is 3.01. The molecule has 0 atom stereocenters. The topological polar surface area (TPSA) is 66.1 Å². The first-order valence-electron chi connectivity index (χ1n) is 5.76. The Morgan fingerprint density at radius 3 is 2.84 bits per heavy atom. The predicted molar refractivity (Wildman–Crippen MR) is 71.0 cm³/mol. The molecular formula is C13H10ClN3O2. The van der Waals surface area contributed by atoms with E-state index in [4.69, 9.17) is 11.6 Å². The van der Waals surface area contributed by atoms with E-state index in [0.29, 0.717) is 10.8 Å². The van der Waals surface area contributed by atoms with Crippen molar-refractivity contribution in [2.24, 2.45) is 0 Å². The van der Waals surface area contributed by atoms with Crippen LogP contribution in [0.3, 0.4) is 0 Å². The summed E-state index contributed by atoms with van der Waals surface area (Å²) in [5.74, 6) is 0.243. The van der Waals surface area contributed by atoms with Gasteiger partial charge in [0, 0.05) is 10.6 Å². The van der Waals surface area contributed by atoms with Gasteiger partial charge in [0.1, 0.15) is 5.82 Å². The molecule has 1 aliphatic heterocycles. The Morgan fingerprint density at radius 2 is 2.16 bits per heavy atom. The van der Waals surface area contributed by atoms with Crippen molar-refractivity contribution in [2.75, 3.05) is 11.4 Å². The number of benzene rings is 1. The largest absolute Gasteiger partial charge is 0.297 e. The lowest BCUT2D eigenvalue weighted by atomic mass is 10.1. The second-order valence-corrected chi connectivity index (χ2v) is 4.77. The van der Waals surface area contributed by atoms with Gasteiger partial charge in [-0.05, 0) is 17.7 Å². The molecule has 19 heavy (non-hydrogen) atoms. The van der Waals surface area contributed by atoms with Crippen molar-refractivity contribution < 1.29 is 9.59 Å². The van der Waals surface area contributed by atoms with Crippen molar-refractivity contribution in [1.29, 1.82) is 0 Å². The molecule has 0 spiro atoms. The minimum atomic E-state index is -0.211. The molecule has 1 aromatic carbocycles. The Kier molecular flexibility index (Phi) is 2.83. The fourth-order valence-corrected chi connectivity index (χ4v) is 2.33. The Bertz CT molecular complexity index is 665. The fourth-order valence-electron chi connectivity index (χ4n) is 2.14. The number of nitrogens with zero attached hydrogens (tertiary/aromatic N) is 2. The normalized spacial score (nSPS) is 15.3. The van der Waals surface area contributed by atoms with Crippen LogP contribution in [0, 0.1) is 0 Å². The zero-order chi connectivity index (χ0) is 13.4. The quantitative estimate of drug-likeness (QED) is 0.853. The third kappa shape index (κ3) is 2.13. The number of Topliss-reactive ketones (excluding diaryl/α,β-unsaturated/α-hetero) is 1. The van der Waals surface area contributed by atoms with Crippen LogP contribution in [-0.2, 0) is 9.59 Å². The highest BCUT2D eigenvalue weighted by Crippen LogP contribution is 2.31. The second kappa shape index (κ2) is 4.51. The lowest BCUT2D eigenvalue weighted by molar-refractivity contribution is -0.121. The molecule has 0 bridgehead atoms. The van der Waals surface area contributed by atoms with Crippen molar-refractivity contribution in [3.63, 3.8) is 0 Å². The first-order chi connectivity index (χ1) is 9.15. The number of carbonyl (C=O) groups is 2. The van der Waals surface area contributed by atoms with E-state index in [1.54, 1.807) is 18.3 Å². The van der Waals surface area contributed by atoms with Crippen LogP contribution in [0.5, 0.6) is 0 Å². The molecule has 5 nitrogen and oxygen atoms in total. The molecular weight excluding hydrogens is 266 g/mol. The van der Waals surface area contributed by atoms with E-state index >= 15 is 0 Å². The van der Waals surface area contributed by atoms with Crippen LogP contribution in [0.2, 0.25) is 5.02 Å². The van der Waals surface area contributed by atoms with Crippen molar-refractivity contribution in [1.82, 2.24) is 10.2 Å². The SMILES string of the molecule is O=C1CC(=O)N(c2[nH]ncc2-c2cccc(Cl)c2)C1. The molecule has 1 saturated heterocycles. The molecule has 1 aliphatic rings. The molecule has 1 N–H and O–H groups in total. The van der Waals surface area contributed by atoms with E-state index in [1.165, 1.54) is 4.90 Å². The van der Waals surface area contributed by atoms with Gasteiger partial charge in [0.05, 0.1) is 19.2 Å². The zero-order valence-corrected chi connectivity index (χ0v) is 10.6. The molecule has 1 amide bonds. The van der Waals surface area contributed by atoms with Crippen LogP contribution >= 0.6 is 11.6 Å². The van der Waals surface area contributed by atoms with E-state index in [-0.39, 0.29) is 24.7 Å². The number of aromatic nitrogens is 2. The summed E-state index contributed by atoms with van der Waals surface area (Å²) < 4.78 is 0. The molecule has 1 fully saturated rings. The summed E-state index contributed by atoms with van der Waals surface area (Å²) in [4.78, 5) is 24.5. The summed E-state index contributed by atoms with van der Waals surface area (Å²) in [6, 6.07) is 7.27. The molecule has 3 rings (SSSR count). The van der Waals surface area contributed by atoms with Gasteiger partial charge in [-0.3, -0.25) is 19.6 Å². The van der Waals surface area contributed by atoms with Gasteiger partial charge in [0.2, 0.25) is 5.91 Å². The number of ketones is 1. The first-order valence-corrected chi connectivity index (χ1v) is 6.14. The first kappa shape index (κ1) is 11.9. The highest BCUT2D eigenvalue weighted by Gasteiger charge is 2.31. The van der Waals surface area contributed by atoms with E-state index in [2.05, 4.69) is 10.2 Å². The molecule has 1 aromatic heterocycles. The van der Waals surface area contributed by atoms with Crippen LogP contribution in [0.4, 0.5) is 5.82 Å². The van der Waals surface area contributed by atoms with Gasteiger partial charge in [0.15, 0.2) is 5.78 Å². The standard InChI is InChI=1S/C13H10ClN3O2/c14-9-3-1-2-8(4-9)11-6-15-16-13(11)17-7-10(18)5-12(17)19/h1-4,6H,5,7H2,(H,15,16). The average Bonchev–Trinajstić information content (AvgIpc) is 2.95. The van der Waals surface area contributed by atoms with Gasteiger partial charge in [-0.2, -0.15) is 5.10 Å². The Morgan fingerprint density at radius 1 is 1.32 bits per heavy atom. The van der Waals surface area contributed by atoms with Crippen LogP contribution in [0.1, 0.15) is 6.42 Å². The van der Waals surface area contributed by atoms with E-state index in [1.807, 2.05) is 12.1 Å². The summed E-state index contributed by atoms with van der Waals surface area (Å²) in [5, 5.41) is 7.34. The Labute approximate surface area is 114 Å². The number of amides is 1. The number of nitrogens with one attached hydrogen (secondary N) is 1. The Balaban J connectivity index is 2.04. The molecule has 2 heterocycles. The van der Waals surface area contributed by atoms with Gasteiger partial charge < -0.3 is 0 Å².